The van der Waals surface area contributed by atoms with Gasteiger partial charge >= 0.3 is 0 Å². The largest absolute Gasteiger partial charge is 0.496 e. The van der Waals surface area contributed by atoms with Gasteiger partial charge in [0.2, 0.25) is 5.88 Å². The van der Waals surface area contributed by atoms with Crippen molar-refractivity contribution < 1.29 is 9.47 Å². The van der Waals surface area contributed by atoms with Crippen molar-refractivity contribution in [1.29, 1.82) is 0 Å². The van der Waals surface area contributed by atoms with E-state index in [1.54, 1.807) is 20.3 Å². The monoisotopic (exact) mass is 205 g/mol. The molecule has 80 valence electrons. The van der Waals surface area contributed by atoms with Crippen molar-refractivity contribution in [1.82, 2.24) is 4.98 Å². The topological polar surface area (TPSA) is 31.4 Å². The molecule has 0 aliphatic rings. The van der Waals surface area contributed by atoms with Gasteiger partial charge in [-0.25, -0.2) is 4.98 Å². The third-order valence-corrected chi connectivity index (χ3v) is 2.12. The molecule has 0 aliphatic heterocycles. The van der Waals surface area contributed by atoms with Crippen LogP contribution < -0.4 is 9.47 Å². The zero-order valence-electron chi connectivity index (χ0n) is 9.50. The van der Waals surface area contributed by atoms with E-state index in [4.69, 9.17) is 15.9 Å². The fraction of sp³-hybridized carbons (Fsp3) is 0.417. The fourth-order valence-corrected chi connectivity index (χ4v) is 1.44. The van der Waals surface area contributed by atoms with E-state index in [1.165, 1.54) is 0 Å². The minimum atomic E-state index is 0.272. The van der Waals surface area contributed by atoms with Gasteiger partial charge in [0.1, 0.15) is 11.4 Å². The van der Waals surface area contributed by atoms with Gasteiger partial charge in [0.25, 0.3) is 0 Å². The number of pyridine rings is 1. The first-order valence-corrected chi connectivity index (χ1v) is 4.73. The first kappa shape index (κ1) is 11.4. The molecule has 0 fully saturated rings. The van der Waals surface area contributed by atoms with E-state index in [9.17, 15) is 0 Å². The molecule has 0 saturated heterocycles. The van der Waals surface area contributed by atoms with Gasteiger partial charge in [-0.15, -0.1) is 6.42 Å². The van der Waals surface area contributed by atoms with Crippen LogP contribution >= 0.6 is 0 Å². The summed E-state index contributed by atoms with van der Waals surface area (Å²) in [4.78, 5) is 4.20. The van der Waals surface area contributed by atoms with Crippen LogP contribution in [0.2, 0.25) is 0 Å². The molecule has 1 heterocycles. The zero-order chi connectivity index (χ0) is 11.4. The first-order chi connectivity index (χ1) is 7.13. The van der Waals surface area contributed by atoms with E-state index >= 15 is 0 Å². The van der Waals surface area contributed by atoms with Crippen molar-refractivity contribution >= 4 is 0 Å². The van der Waals surface area contributed by atoms with Gasteiger partial charge in [-0.3, -0.25) is 0 Å². The minimum absolute atomic E-state index is 0.272. The Morgan fingerprint density at radius 2 is 2.00 bits per heavy atom. The van der Waals surface area contributed by atoms with Crippen molar-refractivity contribution in [2.75, 3.05) is 14.2 Å². The molecule has 0 radical (unpaired) electrons. The van der Waals surface area contributed by atoms with Crippen LogP contribution in [-0.4, -0.2) is 19.2 Å². The Hall–Kier alpha value is -1.69. The lowest BCUT2D eigenvalue weighted by Crippen LogP contribution is -2.02. The van der Waals surface area contributed by atoms with Crippen molar-refractivity contribution in [2.45, 2.75) is 19.8 Å². The summed E-state index contributed by atoms with van der Waals surface area (Å²) in [5, 5.41) is 0. The maximum atomic E-state index is 5.30. The summed E-state index contributed by atoms with van der Waals surface area (Å²) in [5.41, 5.74) is 1.46. The van der Waals surface area contributed by atoms with E-state index in [1.807, 2.05) is 0 Å². The Morgan fingerprint density at radius 3 is 2.40 bits per heavy atom. The van der Waals surface area contributed by atoms with Gasteiger partial charge in [0.05, 0.1) is 19.8 Å². The Labute approximate surface area is 90.4 Å². The van der Waals surface area contributed by atoms with Crippen molar-refractivity contribution in [3.8, 4) is 24.0 Å². The van der Waals surface area contributed by atoms with Crippen molar-refractivity contribution in [2.24, 2.45) is 0 Å². The number of ether oxygens (including phenoxy) is 2. The van der Waals surface area contributed by atoms with E-state index < -0.39 is 0 Å². The lowest BCUT2D eigenvalue weighted by molar-refractivity contribution is 0.369. The zero-order valence-corrected chi connectivity index (χ0v) is 9.50. The maximum absolute atomic E-state index is 5.30. The predicted octanol–water partition coefficient (Wildman–Crippen LogP) is 2.20. The molecule has 0 N–H and O–H groups in total. The molecule has 0 spiro atoms. The Morgan fingerprint density at radius 1 is 1.33 bits per heavy atom. The van der Waals surface area contributed by atoms with Gasteiger partial charge < -0.3 is 9.47 Å². The third kappa shape index (κ3) is 2.21. The molecule has 0 aromatic carbocycles. The minimum Gasteiger partial charge on any atom is -0.496 e. The second kappa shape index (κ2) is 4.70. The fourth-order valence-electron chi connectivity index (χ4n) is 1.44. The van der Waals surface area contributed by atoms with Gasteiger partial charge in [-0.05, 0) is 11.8 Å². The van der Waals surface area contributed by atoms with Crippen LogP contribution in [0.25, 0.3) is 0 Å². The van der Waals surface area contributed by atoms with Crippen LogP contribution in [0.5, 0.6) is 11.6 Å². The lowest BCUT2D eigenvalue weighted by atomic mass is 10.0. The van der Waals surface area contributed by atoms with Gasteiger partial charge in [0.15, 0.2) is 0 Å². The SMILES string of the molecule is C#Cc1cc(OC)c(C(C)C)c(OC)n1. The van der Waals surface area contributed by atoms with E-state index in [0.717, 1.165) is 11.3 Å². The van der Waals surface area contributed by atoms with E-state index in [-0.39, 0.29) is 5.92 Å². The van der Waals surface area contributed by atoms with Gasteiger partial charge in [-0.2, -0.15) is 0 Å². The number of terminal acetylenes is 1. The Bertz CT molecular complexity index is 366. The molecule has 0 amide bonds. The molecule has 0 aliphatic carbocycles. The second-order valence-corrected chi connectivity index (χ2v) is 3.43. The van der Waals surface area contributed by atoms with Crippen LogP contribution in [0.4, 0.5) is 0 Å². The van der Waals surface area contributed by atoms with E-state index in [0.29, 0.717) is 11.6 Å². The van der Waals surface area contributed by atoms with Crippen molar-refractivity contribution in [3.63, 3.8) is 0 Å². The smallest absolute Gasteiger partial charge is 0.221 e. The molecule has 0 bridgehead atoms. The second-order valence-electron chi connectivity index (χ2n) is 3.43. The molecule has 1 aromatic rings. The summed E-state index contributed by atoms with van der Waals surface area (Å²) in [6.07, 6.45) is 5.30. The first-order valence-electron chi connectivity index (χ1n) is 4.73. The molecule has 0 atom stereocenters. The molecule has 3 heteroatoms. The van der Waals surface area contributed by atoms with Crippen molar-refractivity contribution in [3.05, 3.63) is 17.3 Å². The highest BCUT2D eigenvalue weighted by Gasteiger charge is 2.16. The highest BCUT2D eigenvalue weighted by molar-refractivity contribution is 5.47. The summed E-state index contributed by atoms with van der Waals surface area (Å²) in [5.74, 6) is 4.01. The number of aromatic nitrogens is 1. The molecule has 1 rings (SSSR count). The number of hydrogen-bond donors (Lipinski definition) is 0. The molecule has 3 nitrogen and oxygen atoms in total. The Balaban J connectivity index is 3.41. The molecular formula is C12H15NO2. The van der Waals surface area contributed by atoms with Crippen LogP contribution in [-0.2, 0) is 0 Å². The average Bonchev–Trinajstić information content (AvgIpc) is 2.26. The third-order valence-electron chi connectivity index (χ3n) is 2.12. The number of hydrogen-bond acceptors (Lipinski definition) is 3. The van der Waals surface area contributed by atoms with Gasteiger partial charge in [-0.1, -0.05) is 13.8 Å². The maximum Gasteiger partial charge on any atom is 0.221 e. The average molecular weight is 205 g/mol. The summed E-state index contributed by atoms with van der Waals surface area (Å²) >= 11 is 0. The number of rotatable bonds is 3. The molecule has 0 unspecified atom stereocenters. The Kier molecular flexibility index (Phi) is 3.56. The summed E-state index contributed by atoms with van der Waals surface area (Å²) in [7, 11) is 3.19. The quantitative estimate of drug-likeness (QED) is 0.709. The highest BCUT2D eigenvalue weighted by atomic mass is 16.5. The van der Waals surface area contributed by atoms with Crippen LogP contribution in [0.3, 0.4) is 0 Å². The molecule has 1 aromatic heterocycles. The molecular weight excluding hydrogens is 190 g/mol. The highest BCUT2D eigenvalue weighted by Crippen LogP contribution is 2.33. The number of nitrogens with zero attached hydrogens (tertiary/aromatic N) is 1. The van der Waals surface area contributed by atoms with Gasteiger partial charge in [0, 0.05) is 6.07 Å². The van der Waals surface area contributed by atoms with Crippen LogP contribution in [0, 0.1) is 12.3 Å². The standard InChI is InChI=1S/C12H15NO2/c1-6-9-7-10(14-4)11(8(2)3)12(13-9)15-5/h1,7-8H,2-5H3. The summed E-state index contributed by atoms with van der Waals surface area (Å²) in [6, 6.07) is 1.75. The predicted molar refractivity (Wildman–Crippen MR) is 59.4 cm³/mol. The summed E-state index contributed by atoms with van der Waals surface area (Å²) < 4.78 is 10.5. The van der Waals surface area contributed by atoms with E-state index in [2.05, 4.69) is 24.8 Å². The van der Waals surface area contributed by atoms with Crippen LogP contribution in [0.15, 0.2) is 6.07 Å². The summed E-state index contributed by atoms with van der Waals surface area (Å²) in [6.45, 7) is 4.11. The normalized spacial score (nSPS) is 9.87. The molecule has 15 heavy (non-hydrogen) atoms. The lowest BCUT2D eigenvalue weighted by Gasteiger charge is -2.15. The number of methoxy groups -OCH3 is 2. The molecule has 0 saturated carbocycles. The van der Waals surface area contributed by atoms with Crippen LogP contribution in [0.1, 0.15) is 31.0 Å².